The standard InChI is InChI=1S/C21H29NO2/c1-19(2)11-15-12-20(3,13-19)14-22(15)18(23)21(9-10-21)16-7-5-6-8-17(16)24-4/h5-8,15H,9-14H2,1-4H3. The molecule has 2 bridgehead atoms. The topological polar surface area (TPSA) is 29.5 Å². The van der Waals surface area contributed by atoms with Crippen LogP contribution >= 0.6 is 0 Å². The minimum atomic E-state index is -0.329. The largest absolute Gasteiger partial charge is 0.496 e. The van der Waals surface area contributed by atoms with Crippen LogP contribution in [0.3, 0.4) is 0 Å². The molecule has 24 heavy (non-hydrogen) atoms. The van der Waals surface area contributed by atoms with Gasteiger partial charge in [-0.15, -0.1) is 0 Å². The summed E-state index contributed by atoms with van der Waals surface area (Å²) in [6.07, 6.45) is 5.44. The molecule has 3 aliphatic rings. The first-order chi connectivity index (χ1) is 11.3. The Kier molecular flexibility index (Phi) is 3.33. The van der Waals surface area contributed by atoms with E-state index in [9.17, 15) is 4.79 Å². The second kappa shape index (κ2) is 5.00. The molecule has 1 heterocycles. The zero-order chi connectivity index (χ0) is 17.2. The zero-order valence-corrected chi connectivity index (χ0v) is 15.4. The summed E-state index contributed by atoms with van der Waals surface area (Å²) in [7, 11) is 1.70. The van der Waals surface area contributed by atoms with Crippen molar-refractivity contribution >= 4 is 5.91 Å². The number of likely N-dealkylation sites (tertiary alicyclic amines) is 1. The molecule has 1 aromatic carbocycles. The van der Waals surface area contributed by atoms with Crippen LogP contribution in [0.1, 0.15) is 58.4 Å². The summed E-state index contributed by atoms with van der Waals surface area (Å²) in [6, 6.07) is 8.48. The van der Waals surface area contributed by atoms with Crippen LogP contribution in [0.15, 0.2) is 24.3 Å². The van der Waals surface area contributed by atoms with Crippen molar-refractivity contribution < 1.29 is 9.53 Å². The molecule has 0 N–H and O–H groups in total. The van der Waals surface area contributed by atoms with Gasteiger partial charge in [-0.05, 0) is 49.0 Å². The van der Waals surface area contributed by atoms with Crippen LogP contribution in [-0.4, -0.2) is 30.5 Å². The first-order valence-electron chi connectivity index (χ1n) is 9.23. The summed E-state index contributed by atoms with van der Waals surface area (Å²) in [6.45, 7) is 8.02. The van der Waals surface area contributed by atoms with Crippen molar-refractivity contribution in [1.82, 2.24) is 4.90 Å². The fourth-order valence-corrected chi connectivity index (χ4v) is 5.74. The Morgan fingerprint density at radius 2 is 1.88 bits per heavy atom. The van der Waals surface area contributed by atoms with E-state index in [2.05, 4.69) is 31.7 Å². The molecule has 0 radical (unpaired) electrons. The van der Waals surface area contributed by atoms with Crippen LogP contribution in [0, 0.1) is 10.8 Å². The van der Waals surface area contributed by atoms with E-state index < -0.39 is 0 Å². The van der Waals surface area contributed by atoms with Crippen molar-refractivity contribution in [2.45, 2.75) is 64.3 Å². The second-order valence-electron chi connectivity index (χ2n) is 9.43. The molecule has 3 heteroatoms. The number of hydrogen-bond acceptors (Lipinski definition) is 2. The van der Waals surface area contributed by atoms with Crippen molar-refractivity contribution in [3.05, 3.63) is 29.8 Å². The molecule has 1 amide bonds. The predicted octanol–water partition coefficient (Wildman–Crippen LogP) is 4.15. The number of fused-ring (bicyclic) bond motifs is 2. The summed E-state index contributed by atoms with van der Waals surface area (Å²) >= 11 is 0. The highest BCUT2D eigenvalue weighted by atomic mass is 16.5. The maximum absolute atomic E-state index is 13.6. The second-order valence-corrected chi connectivity index (χ2v) is 9.43. The summed E-state index contributed by atoms with van der Waals surface area (Å²) in [5.74, 6) is 1.20. The van der Waals surface area contributed by atoms with Gasteiger partial charge < -0.3 is 9.64 Å². The van der Waals surface area contributed by atoms with Gasteiger partial charge in [0.15, 0.2) is 0 Å². The van der Waals surface area contributed by atoms with Gasteiger partial charge in [-0.25, -0.2) is 0 Å². The molecule has 1 saturated heterocycles. The molecule has 130 valence electrons. The highest BCUT2D eigenvalue weighted by Crippen LogP contribution is 2.57. The number of carbonyl (C=O) groups is 1. The lowest BCUT2D eigenvalue weighted by atomic mass is 9.65. The number of rotatable bonds is 3. The first kappa shape index (κ1) is 16.0. The number of para-hydroxylation sites is 1. The molecule has 1 aliphatic heterocycles. The molecule has 3 nitrogen and oxygen atoms in total. The lowest BCUT2D eigenvalue weighted by molar-refractivity contribution is -0.135. The third-order valence-corrected chi connectivity index (χ3v) is 6.46. The molecule has 2 aliphatic carbocycles. The van der Waals surface area contributed by atoms with Crippen LogP contribution in [0.25, 0.3) is 0 Å². The normalized spacial score (nSPS) is 32.5. The molecule has 0 aromatic heterocycles. The smallest absolute Gasteiger partial charge is 0.233 e. The van der Waals surface area contributed by atoms with Crippen LogP contribution in [0.5, 0.6) is 5.75 Å². The molecule has 3 fully saturated rings. The Hall–Kier alpha value is -1.51. The van der Waals surface area contributed by atoms with Gasteiger partial charge in [0.1, 0.15) is 5.75 Å². The van der Waals surface area contributed by atoms with Crippen molar-refractivity contribution in [3.63, 3.8) is 0 Å². The molecule has 0 spiro atoms. The number of amides is 1. The molecule has 2 atom stereocenters. The number of ether oxygens (including phenoxy) is 1. The van der Waals surface area contributed by atoms with Crippen molar-refractivity contribution in [1.29, 1.82) is 0 Å². The summed E-state index contributed by atoms with van der Waals surface area (Å²) in [4.78, 5) is 15.8. The Labute approximate surface area is 145 Å². The van der Waals surface area contributed by atoms with Gasteiger partial charge in [-0.3, -0.25) is 4.79 Å². The highest BCUT2D eigenvalue weighted by Gasteiger charge is 2.59. The third-order valence-electron chi connectivity index (χ3n) is 6.46. The van der Waals surface area contributed by atoms with Gasteiger partial charge in [0.2, 0.25) is 5.91 Å². The lowest BCUT2D eigenvalue weighted by Gasteiger charge is -2.39. The SMILES string of the molecule is COc1ccccc1C1(C(=O)N2CC3(C)CC2CC(C)(C)C3)CC1. The molecular weight excluding hydrogens is 298 g/mol. The number of hydrogen-bond donors (Lipinski definition) is 0. The Morgan fingerprint density at radius 1 is 1.17 bits per heavy atom. The molecular formula is C21H29NO2. The van der Waals surface area contributed by atoms with Crippen LogP contribution < -0.4 is 4.74 Å². The Morgan fingerprint density at radius 3 is 2.54 bits per heavy atom. The van der Waals surface area contributed by atoms with E-state index in [-0.39, 0.29) is 5.41 Å². The quantitative estimate of drug-likeness (QED) is 0.834. The maximum atomic E-state index is 13.6. The van der Waals surface area contributed by atoms with E-state index in [1.807, 2.05) is 18.2 Å². The average Bonchev–Trinajstić information content (AvgIpc) is 3.27. The van der Waals surface area contributed by atoms with E-state index in [1.54, 1.807) is 7.11 Å². The van der Waals surface area contributed by atoms with Crippen molar-refractivity contribution in [2.75, 3.05) is 13.7 Å². The number of nitrogens with zero attached hydrogens (tertiary/aromatic N) is 1. The van der Waals surface area contributed by atoms with E-state index in [0.29, 0.717) is 22.8 Å². The molecule has 2 saturated carbocycles. The molecule has 4 rings (SSSR count). The van der Waals surface area contributed by atoms with E-state index in [0.717, 1.165) is 37.1 Å². The van der Waals surface area contributed by atoms with E-state index in [4.69, 9.17) is 4.74 Å². The fraction of sp³-hybridized carbons (Fsp3) is 0.667. The van der Waals surface area contributed by atoms with Crippen LogP contribution in [-0.2, 0) is 10.2 Å². The predicted molar refractivity (Wildman–Crippen MR) is 95.1 cm³/mol. The summed E-state index contributed by atoms with van der Waals surface area (Å²) in [5.41, 5.74) is 1.39. The van der Waals surface area contributed by atoms with Gasteiger partial charge >= 0.3 is 0 Å². The van der Waals surface area contributed by atoms with Crippen LogP contribution in [0.2, 0.25) is 0 Å². The van der Waals surface area contributed by atoms with Gasteiger partial charge in [-0.1, -0.05) is 39.0 Å². The van der Waals surface area contributed by atoms with Crippen molar-refractivity contribution in [3.8, 4) is 5.75 Å². The average molecular weight is 327 g/mol. The fourth-order valence-electron chi connectivity index (χ4n) is 5.74. The maximum Gasteiger partial charge on any atom is 0.233 e. The van der Waals surface area contributed by atoms with Crippen molar-refractivity contribution in [2.24, 2.45) is 10.8 Å². The summed E-state index contributed by atoms with van der Waals surface area (Å²) < 4.78 is 5.55. The molecule has 2 unspecified atom stereocenters. The number of carbonyl (C=O) groups excluding carboxylic acids is 1. The van der Waals surface area contributed by atoms with Gasteiger partial charge in [0.25, 0.3) is 0 Å². The van der Waals surface area contributed by atoms with E-state index in [1.165, 1.54) is 12.8 Å². The highest BCUT2D eigenvalue weighted by molar-refractivity contribution is 5.92. The Balaban J connectivity index is 1.65. The number of methoxy groups -OCH3 is 1. The monoisotopic (exact) mass is 327 g/mol. The third kappa shape index (κ3) is 2.35. The minimum absolute atomic E-state index is 0.291. The van der Waals surface area contributed by atoms with Gasteiger partial charge in [-0.2, -0.15) is 0 Å². The molecule has 1 aromatic rings. The van der Waals surface area contributed by atoms with Gasteiger partial charge in [0, 0.05) is 18.2 Å². The lowest BCUT2D eigenvalue weighted by Crippen LogP contribution is -2.43. The van der Waals surface area contributed by atoms with E-state index >= 15 is 0 Å². The first-order valence-corrected chi connectivity index (χ1v) is 9.23. The van der Waals surface area contributed by atoms with Gasteiger partial charge in [0.05, 0.1) is 12.5 Å². The Bertz CT molecular complexity index is 676. The summed E-state index contributed by atoms with van der Waals surface area (Å²) in [5, 5.41) is 0. The zero-order valence-electron chi connectivity index (χ0n) is 15.4. The minimum Gasteiger partial charge on any atom is -0.496 e. The van der Waals surface area contributed by atoms with Crippen LogP contribution in [0.4, 0.5) is 0 Å². The number of benzene rings is 1.